The molecule has 20 heavy (non-hydrogen) atoms. The lowest BCUT2D eigenvalue weighted by Crippen LogP contribution is -2.14. The lowest BCUT2D eigenvalue weighted by molar-refractivity contribution is 0.403. The van der Waals surface area contributed by atoms with E-state index in [-0.39, 0.29) is 10.6 Å². The molecule has 2 aromatic carbocycles. The number of benzene rings is 2. The van der Waals surface area contributed by atoms with Gasteiger partial charge in [0.25, 0.3) is 10.0 Å². The van der Waals surface area contributed by atoms with Gasteiger partial charge in [-0.3, -0.25) is 4.72 Å². The molecule has 0 amide bonds. The zero-order valence-electron chi connectivity index (χ0n) is 10.6. The van der Waals surface area contributed by atoms with Crippen molar-refractivity contribution in [2.24, 2.45) is 0 Å². The third-order valence-corrected chi connectivity index (χ3v) is 4.19. The van der Waals surface area contributed by atoms with Gasteiger partial charge in [-0.2, -0.15) is 0 Å². The zero-order chi connectivity index (χ0) is 14.8. The standard InChI is InChI=1S/C13H13ClN2O3S/c1-19-12-6-5-10(15)8-13(12)20(17,18)16-11-4-2-3-9(14)7-11/h2-8,16H,15H2,1H3. The normalized spacial score (nSPS) is 11.1. The summed E-state index contributed by atoms with van der Waals surface area (Å²) in [6, 6.07) is 10.8. The van der Waals surface area contributed by atoms with Gasteiger partial charge in [-0.1, -0.05) is 17.7 Å². The van der Waals surface area contributed by atoms with E-state index < -0.39 is 10.0 Å². The van der Waals surface area contributed by atoms with Crippen molar-refractivity contribution >= 4 is 33.0 Å². The summed E-state index contributed by atoms with van der Waals surface area (Å²) in [6.45, 7) is 0. The third-order valence-electron chi connectivity index (χ3n) is 2.55. The van der Waals surface area contributed by atoms with E-state index in [0.717, 1.165) is 0 Å². The van der Waals surface area contributed by atoms with Crippen LogP contribution in [0.15, 0.2) is 47.4 Å². The van der Waals surface area contributed by atoms with Gasteiger partial charge in [0, 0.05) is 10.7 Å². The molecule has 0 heterocycles. The molecular weight excluding hydrogens is 300 g/mol. The smallest absolute Gasteiger partial charge is 0.265 e. The highest BCUT2D eigenvalue weighted by molar-refractivity contribution is 7.92. The van der Waals surface area contributed by atoms with Crippen molar-refractivity contribution < 1.29 is 13.2 Å². The molecule has 7 heteroatoms. The van der Waals surface area contributed by atoms with Crippen LogP contribution in [-0.4, -0.2) is 15.5 Å². The van der Waals surface area contributed by atoms with Gasteiger partial charge in [0.05, 0.1) is 12.8 Å². The average molecular weight is 313 g/mol. The second-order valence-corrected chi connectivity index (χ2v) is 6.11. The first-order chi connectivity index (χ1) is 9.42. The van der Waals surface area contributed by atoms with E-state index in [1.807, 2.05) is 0 Å². The van der Waals surface area contributed by atoms with Crippen LogP contribution in [-0.2, 0) is 10.0 Å². The number of hydrogen-bond acceptors (Lipinski definition) is 4. The van der Waals surface area contributed by atoms with Crippen LogP contribution in [0.1, 0.15) is 0 Å². The summed E-state index contributed by atoms with van der Waals surface area (Å²) < 4.78 is 32.2. The lowest BCUT2D eigenvalue weighted by atomic mass is 10.3. The summed E-state index contributed by atoms with van der Waals surface area (Å²) in [5.74, 6) is 0.216. The summed E-state index contributed by atoms with van der Waals surface area (Å²) >= 11 is 5.82. The van der Waals surface area contributed by atoms with Crippen molar-refractivity contribution in [1.29, 1.82) is 0 Å². The Balaban J connectivity index is 2.43. The Morgan fingerprint density at radius 2 is 1.95 bits per heavy atom. The van der Waals surface area contributed by atoms with Gasteiger partial charge in [0.2, 0.25) is 0 Å². The fourth-order valence-electron chi connectivity index (χ4n) is 1.67. The molecule has 0 saturated carbocycles. The molecule has 0 spiro atoms. The topological polar surface area (TPSA) is 81.4 Å². The minimum atomic E-state index is -3.81. The van der Waals surface area contributed by atoms with E-state index in [4.69, 9.17) is 22.1 Å². The summed E-state index contributed by atoms with van der Waals surface area (Å²) in [7, 11) is -2.42. The predicted molar refractivity (Wildman–Crippen MR) is 79.7 cm³/mol. The fourth-order valence-corrected chi connectivity index (χ4v) is 3.11. The van der Waals surface area contributed by atoms with E-state index in [1.165, 1.54) is 25.3 Å². The number of methoxy groups -OCH3 is 1. The first-order valence-electron chi connectivity index (χ1n) is 5.64. The van der Waals surface area contributed by atoms with Crippen LogP contribution in [0.4, 0.5) is 11.4 Å². The lowest BCUT2D eigenvalue weighted by Gasteiger charge is -2.12. The molecule has 0 radical (unpaired) electrons. The second-order valence-electron chi connectivity index (χ2n) is 4.03. The Kier molecular flexibility index (Phi) is 4.06. The first-order valence-corrected chi connectivity index (χ1v) is 7.50. The molecule has 0 aliphatic heterocycles. The van der Waals surface area contributed by atoms with E-state index in [2.05, 4.69) is 4.72 Å². The van der Waals surface area contributed by atoms with E-state index in [9.17, 15) is 8.42 Å². The Labute approximate surface area is 122 Å². The van der Waals surface area contributed by atoms with Gasteiger partial charge < -0.3 is 10.5 Å². The van der Waals surface area contributed by atoms with Gasteiger partial charge in [-0.15, -0.1) is 0 Å². The summed E-state index contributed by atoms with van der Waals surface area (Å²) in [5.41, 5.74) is 6.32. The van der Waals surface area contributed by atoms with Crippen molar-refractivity contribution in [3.05, 3.63) is 47.5 Å². The molecule has 0 unspecified atom stereocenters. The molecule has 0 aliphatic rings. The quantitative estimate of drug-likeness (QED) is 0.851. The van der Waals surface area contributed by atoms with Crippen LogP contribution < -0.4 is 15.2 Å². The Morgan fingerprint density at radius 1 is 1.20 bits per heavy atom. The van der Waals surface area contributed by atoms with Crippen molar-refractivity contribution in [3.63, 3.8) is 0 Å². The molecule has 0 saturated heterocycles. The largest absolute Gasteiger partial charge is 0.495 e. The first kappa shape index (κ1) is 14.5. The molecule has 0 fully saturated rings. The minimum absolute atomic E-state index is 0.0278. The molecule has 106 valence electrons. The Bertz CT molecular complexity index is 732. The molecule has 0 aliphatic carbocycles. The van der Waals surface area contributed by atoms with Crippen LogP contribution in [0.3, 0.4) is 0 Å². The van der Waals surface area contributed by atoms with Crippen molar-refractivity contribution in [3.8, 4) is 5.75 Å². The third kappa shape index (κ3) is 3.15. The molecule has 0 atom stereocenters. The van der Waals surface area contributed by atoms with Crippen molar-refractivity contribution in [1.82, 2.24) is 0 Å². The SMILES string of the molecule is COc1ccc(N)cc1S(=O)(=O)Nc1cccc(Cl)c1. The zero-order valence-corrected chi connectivity index (χ0v) is 12.2. The highest BCUT2D eigenvalue weighted by atomic mass is 35.5. The number of nitrogen functional groups attached to an aromatic ring is 1. The van der Waals surface area contributed by atoms with Crippen molar-refractivity contribution in [2.75, 3.05) is 17.6 Å². The van der Waals surface area contributed by atoms with Gasteiger partial charge in [0.1, 0.15) is 10.6 Å². The summed E-state index contributed by atoms with van der Waals surface area (Å²) in [4.78, 5) is -0.0278. The molecule has 3 N–H and O–H groups in total. The van der Waals surface area contributed by atoms with Gasteiger partial charge >= 0.3 is 0 Å². The Morgan fingerprint density at radius 3 is 2.60 bits per heavy atom. The maximum atomic E-state index is 12.4. The number of halogens is 1. The second kappa shape index (κ2) is 5.60. The van der Waals surface area contributed by atoms with Gasteiger partial charge in [-0.05, 0) is 36.4 Å². The summed E-state index contributed by atoms with van der Waals surface area (Å²) in [6.07, 6.45) is 0. The van der Waals surface area contributed by atoms with Crippen LogP contribution in [0.5, 0.6) is 5.75 Å². The minimum Gasteiger partial charge on any atom is -0.495 e. The van der Waals surface area contributed by atoms with Crippen LogP contribution in [0, 0.1) is 0 Å². The maximum Gasteiger partial charge on any atom is 0.265 e. The summed E-state index contributed by atoms with van der Waals surface area (Å²) in [5, 5.41) is 0.435. The van der Waals surface area contributed by atoms with E-state index >= 15 is 0 Å². The van der Waals surface area contributed by atoms with Crippen LogP contribution in [0.2, 0.25) is 5.02 Å². The number of nitrogens with one attached hydrogen (secondary N) is 1. The average Bonchev–Trinajstić information content (AvgIpc) is 2.38. The molecular formula is C13H13ClN2O3S. The van der Waals surface area contributed by atoms with E-state index in [1.54, 1.807) is 24.3 Å². The van der Waals surface area contributed by atoms with Gasteiger partial charge in [-0.25, -0.2) is 8.42 Å². The molecule has 0 aromatic heterocycles. The highest BCUT2D eigenvalue weighted by Gasteiger charge is 2.20. The molecule has 2 rings (SSSR count). The number of rotatable bonds is 4. The number of ether oxygens (including phenoxy) is 1. The number of anilines is 2. The monoisotopic (exact) mass is 312 g/mol. The Hall–Kier alpha value is -1.92. The van der Waals surface area contributed by atoms with Crippen LogP contribution in [0.25, 0.3) is 0 Å². The molecule has 5 nitrogen and oxygen atoms in total. The van der Waals surface area contributed by atoms with Crippen molar-refractivity contribution in [2.45, 2.75) is 4.90 Å². The molecule has 0 bridgehead atoms. The van der Waals surface area contributed by atoms with Crippen LogP contribution >= 0.6 is 11.6 Å². The fraction of sp³-hybridized carbons (Fsp3) is 0.0769. The highest BCUT2D eigenvalue weighted by Crippen LogP contribution is 2.28. The molecule has 2 aromatic rings. The number of nitrogens with two attached hydrogens (primary N) is 1. The number of hydrogen-bond donors (Lipinski definition) is 2. The van der Waals surface area contributed by atoms with Gasteiger partial charge in [0.15, 0.2) is 0 Å². The maximum absolute atomic E-state index is 12.4. The predicted octanol–water partition coefficient (Wildman–Crippen LogP) is 2.73. The van der Waals surface area contributed by atoms with E-state index in [0.29, 0.717) is 16.4 Å². The number of sulfonamides is 1.